The van der Waals surface area contributed by atoms with Gasteiger partial charge < -0.3 is 26.2 Å². The Balaban J connectivity index is 2.71. The Morgan fingerprint density at radius 3 is 2.61 bits per heavy atom. The average molecular weight is 259 g/mol. The van der Waals surface area contributed by atoms with Crippen LogP contribution in [0.5, 0.6) is 0 Å². The summed E-state index contributed by atoms with van der Waals surface area (Å²) in [5.74, 6) is -2.30. The van der Waals surface area contributed by atoms with Crippen LogP contribution in [0, 0.1) is 0 Å². The van der Waals surface area contributed by atoms with Gasteiger partial charge in [0.25, 0.3) is 0 Å². The molecule has 0 aromatic heterocycles. The van der Waals surface area contributed by atoms with Crippen LogP contribution in [0.2, 0.25) is 0 Å². The standard InChI is InChI=1S/C10H17N3O5/c1-5(12-7(15)4-11)9(16)13-3-2-6(14)8(13)10(17)18/h5-6,8,14H,2-4,11H2,1H3,(H,12,15)(H,17,18)/t5-,6-,8-/m0/s1. The molecule has 0 aromatic rings. The predicted octanol–water partition coefficient (Wildman–Crippen LogP) is -2.50. The zero-order chi connectivity index (χ0) is 13.9. The van der Waals surface area contributed by atoms with Gasteiger partial charge in [0.15, 0.2) is 6.04 Å². The lowest BCUT2D eigenvalue weighted by Crippen LogP contribution is -2.53. The fourth-order valence-corrected chi connectivity index (χ4v) is 1.93. The molecule has 0 unspecified atom stereocenters. The maximum Gasteiger partial charge on any atom is 0.329 e. The second-order valence-electron chi connectivity index (χ2n) is 4.16. The molecule has 0 spiro atoms. The van der Waals surface area contributed by atoms with Crippen molar-refractivity contribution in [1.82, 2.24) is 10.2 Å². The Morgan fingerprint density at radius 1 is 1.50 bits per heavy atom. The quantitative estimate of drug-likeness (QED) is 0.441. The van der Waals surface area contributed by atoms with Crippen LogP contribution in [-0.2, 0) is 14.4 Å². The van der Waals surface area contributed by atoms with Crippen molar-refractivity contribution in [1.29, 1.82) is 0 Å². The van der Waals surface area contributed by atoms with E-state index in [0.717, 1.165) is 4.90 Å². The molecule has 1 aliphatic rings. The highest BCUT2D eigenvalue weighted by molar-refractivity contribution is 5.91. The Hall–Kier alpha value is -1.67. The third kappa shape index (κ3) is 2.96. The van der Waals surface area contributed by atoms with E-state index in [1.165, 1.54) is 6.92 Å². The highest BCUT2D eigenvalue weighted by atomic mass is 16.4. The van der Waals surface area contributed by atoms with Crippen molar-refractivity contribution in [3.05, 3.63) is 0 Å². The minimum Gasteiger partial charge on any atom is -0.480 e. The lowest BCUT2D eigenvalue weighted by Gasteiger charge is -2.26. The molecule has 1 fully saturated rings. The number of carboxylic acids is 1. The molecule has 8 heteroatoms. The molecule has 0 bridgehead atoms. The molecule has 2 amide bonds. The van der Waals surface area contributed by atoms with Crippen LogP contribution in [-0.4, -0.2) is 64.2 Å². The molecule has 3 atom stereocenters. The Kier molecular flexibility index (Phi) is 4.62. The number of rotatable bonds is 4. The average Bonchev–Trinajstić information content (AvgIpc) is 2.69. The van der Waals surface area contributed by atoms with Crippen LogP contribution in [0.3, 0.4) is 0 Å². The summed E-state index contributed by atoms with van der Waals surface area (Å²) in [5.41, 5.74) is 5.10. The van der Waals surface area contributed by atoms with E-state index in [2.05, 4.69) is 5.32 Å². The normalized spacial score (nSPS) is 24.7. The van der Waals surface area contributed by atoms with Gasteiger partial charge >= 0.3 is 5.97 Å². The second-order valence-corrected chi connectivity index (χ2v) is 4.16. The molecule has 1 heterocycles. The van der Waals surface area contributed by atoms with Gasteiger partial charge in [-0.2, -0.15) is 0 Å². The number of aliphatic carboxylic acids is 1. The summed E-state index contributed by atoms with van der Waals surface area (Å²) in [6.07, 6.45) is -0.871. The molecular formula is C10H17N3O5. The number of hydrogen-bond acceptors (Lipinski definition) is 5. The summed E-state index contributed by atoms with van der Waals surface area (Å²) < 4.78 is 0. The van der Waals surface area contributed by atoms with Gasteiger partial charge in [-0.15, -0.1) is 0 Å². The number of nitrogens with two attached hydrogens (primary N) is 1. The minimum atomic E-state index is -1.26. The lowest BCUT2D eigenvalue weighted by molar-refractivity contribution is -0.151. The first-order chi connectivity index (χ1) is 8.38. The number of carbonyl (C=O) groups excluding carboxylic acids is 2. The summed E-state index contributed by atoms with van der Waals surface area (Å²) in [7, 11) is 0. The van der Waals surface area contributed by atoms with Gasteiger partial charge in [-0.3, -0.25) is 9.59 Å². The van der Waals surface area contributed by atoms with Gasteiger partial charge in [0.2, 0.25) is 11.8 Å². The Morgan fingerprint density at radius 2 is 2.11 bits per heavy atom. The predicted molar refractivity (Wildman–Crippen MR) is 60.4 cm³/mol. The first-order valence-electron chi connectivity index (χ1n) is 5.59. The molecule has 102 valence electrons. The van der Waals surface area contributed by atoms with Gasteiger partial charge in [0.05, 0.1) is 12.6 Å². The van der Waals surface area contributed by atoms with E-state index in [0.29, 0.717) is 0 Å². The summed E-state index contributed by atoms with van der Waals surface area (Å²) >= 11 is 0. The van der Waals surface area contributed by atoms with Crippen molar-refractivity contribution in [3.63, 3.8) is 0 Å². The number of carboxylic acid groups (broad SMARTS) is 1. The van der Waals surface area contributed by atoms with Crippen LogP contribution in [0.4, 0.5) is 0 Å². The van der Waals surface area contributed by atoms with Gasteiger partial charge in [0, 0.05) is 6.54 Å². The second kappa shape index (κ2) is 5.78. The molecule has 0 aromatic carbocycles. The van der Waals surface area contributed by atoms with E-state index in [9.17, 15) is 19.5 Å². The van der Waals surface area contributed by atoms with Crippen molar-refractivity contribution in [3.8, 4) is 0 Å². The zero-order valence-electron chi connectivity index (χ0n) is 10.00. The fourth-order valence-electron chi connectivity index (χ4n) is 1.93. The van der Waals surface area contributed by atoms with Crippen LogP contribution in [0.25, 0.3) is 0 Å². The van der Waals surface area contributed by atoms with Crippen molar-refractivity contribution in [2.24, 2.45) is 5.73 Å². The maximum atomic E-state index is 12.0. The minimum absolute atomic E-state index is 0.153. The van der Waals surface area contributed by atoms with Crippen LogP contribution in [0.15, 0.2) is 0 Å². The number of aliphatic hydroxyl groups excluding tert-OH is 1. The molecule has 0 radical (unpaired) electrons. The van der Waals surface area contributed by atoms with Crippen LogP contribution < -0.4 is 11.1 Å². The summed E-state index contributed by atoms with van der Waals surface area (Å²) in [6.45, 7) is 1.35. The van der Waals surface area contributed by atoms with E-state index >= 15 is 0 Å². The van der Waals surface area contributed by atoms with Gasteiger partial charge in [-0.25, -0.2) is 4.79 Å². The molecule has 1 saturated heterocycles. The molecule has 18 heavy (non-hydrogen) atoms. The molecule has 8 nitrogen and oxygen atoms in total. The van der Waals surface area contributed by atoms with E-state index < -0.39 is 36.0 Å². The summed E-state index contributed by atoms with van der Waals surface area (Å²) in [6, 6.07) is -2.12. The molecular weight excluding hydrogens is 242 g/mol. The zero-order valence-corrected chi connectivity index (χ0v) is 10.00. The Labute approximate surface area is 104 Å². The van der Waals surface area contributed by atoms with E-state index in [1.807, 2.05) is 0 Å². The van der Waals surface area contributed by atoms with E-state index in [1.54, 1.807) is 0 Å². The Bertz CT molecular complexity index is 359. The monoisotopic (exact) mass is 259 g/mol. The molecule has 0 aliphatic carbocycles. The SMILES string of the molecule is C[C@H](NC(=O)CN)C(=O)N1CC[C@H](O)[C@H]1C(=O)O. The number of aliphatic hydroxyl groups is 1. The molecule has 1 aliphatic heterocycles. The van der Waals surface area contributed by atoms with E-state index in [4.69, 9.17) is 10.8 Å². The van der Waals surface area contributed by atoms with Gasteiger partial charge in [0.1, 0.15) is 6.04 Å². The van der Waals surface area contributed by atoms with Crippen molar-refractivity contribution < 1.29 is 24.6 Å². The number of hydrogen-bond donors (Lipinski definition) is 4. The smallest absolute Gasteiger partial charge is 0.329 e. The fraction of sp³-hybridized carbons (Fsp3) is 0.700. The number of nitrogens with zero attached hydrogens (tertiary/aromatic N) is 1. The molecule has 1 rings (SSSR count). The topological polar surface area (TPSA) is 133 Å². The van der Waals surface area contributed by atoms with Crippen molar-refractivity contribution in [2.45, 2.75) is 31.5 Å². The largest absolute Gasteiger partial charge is 0.480 e. The number of nitrogens with one attached hydrogen (secondary N) is 1. The highest BCUT2D eigenvalue weighted by Crippen LogP contribution is 2.19. The first-order valence-corrected chi connectivity index (χ1v) is 5.59. The lowest BCUT2D eigenvalue weighted by atomic mass is 10.1. The third-order valence-corrected chi connectivity index (χ3v) is 2.84. The molecule has 5 N–H and O–H groups in total. The summed E-state index contributed by atoms with van der Waals surface area (Å²) in [5, 5.41) is 20.8. The number of carbonyl (C=O) groups is 3. The third-order valence-electron chi connectivity index (χ3n) is 2.84. The number of amides is 2. The maximum absolute atomic E-state index is 12.0. The summed E-state index contributed by atoms with van der Waals surface area (Å²) in [4.78, 5) is 35.0. The van der Waals surface area contributed by atoms with Gasteiger partial charge in [-0.1, -0.05) is 0 Å². The molecule has 0 saturated carbocycles. The van der Waals surface area contributed by atoms with Crippen molar-refractivity contribution in [2.75, 3.05) is 13.1 Å². The van der Waals surface area contributed by atoms with Crippen LogP contribution in [0.1, 0.15) is 13.3 Å². The van der Waals surface area contributed by atoms with Crippen LogP contribution >= 0.6 is 0 Å². The first kappa shape index (κ1) is 14.4. The van der Waals surface area contributed by atoms with Crippen molar-refractivity contribution >= 4 is 17.8 Å². The highest BCUT2D eigenvalue weighted by Gasteiger charge is 2.42. The number of likely N-dealkylation sites (tertiary alicyclic amines) is 1. The van der Waals surface area contributed by atoms with E-state index in [-0.39, 0.29) is 19.5 Å². The van der Waals surface area contributed by atoms with Gasteiger partial charge in [-0.05, 0) is 13.3 Å².